The number of hydrogen-bond donors (Lipinski definition) is 2. The summed E-state index contributed by atoms with van der Waals surface area (Å²) in [5.41, 5.74) is 3.46. The second kappa shape index (κ2) is 7.36. The molecule has 4 rings (SSSR count). The first-order chi connectivity index (χ1) is 13.6. The number of ether oxygens (including phenoxy) is 2. The molecule has 0 saturated carbocycles. The molecule has 1 aliphatic heterocycles. The Morgan fingerprint density at radius 2 is 1.89 bits per heavy atom. The van der Waals surface area contributed by atoms with Crippen LogP contribution in [0.5, 0.6) is 11.5 Å². The number of hydrogen-bond acceptors (Lipinski definition) is 6. The minimum Gasteiger partial charge on any atom is -0.493 e. The summed E-state index contributed by atoms with van der Waals surface area (Å²) in [7, 11) is 3.16. The Morgan fingerprint density at radius 3 is 2.68 bits per heavy atom. The highest BCUT2D eigenvalue weighted by Crippen LogP contribution is 2.33. The van der Waals surface area contributed by atoms with Crippen LogP contribution in [0.4, 0.5) is 11.6 Å². The third kappa shape index (κ3) is 3.32. The van der Waals surface area contributed by atoms with Crippen molar-refractivity contribution < 1.29 is 14.3 Å². The monoisotopic (exact) mass is 396 g/mol. The van der Waals surface area contributed by atoms with Crippen LogP contribution in [0.2, 0.25) is 5.02 Å². The van der Waals surface area contributed by atoms with E-state index < -0.39 is 0 Å². The van der Waals surface area contributed by atoms with E-state index >= 15 is 0 Å². The lowest BCUT2D eigenvalue weighted by atomic mass is 10.0. The Balaban J connectivity index is 1.73. The number of benzene rings is 2. The van der Waals surface area contributed by atoms with Crippen molar-refractivity contribution in [1.82, 2.24) is 15.3 Å². The van der Waals surface area contributed by atoms with Gasteiger partial charge in [0.1, 0.15) is 0 Å². The van der Waals surface area contributed by atoms with Crippen LogP contribution in [0.15, 0.2) is 42.6 Å². The molecule has 142 valence electrons. The highest BCUT2D eigenvalue weighted by Gasteiger charge is 2.22. The number of halogens is 1. The number of nitrogens with zero attached hydrogens (tertiary/aromatic N) is 2. The van der Waals surface area contributed by atoms with Crippen molar-refractivity contribution in [1.29, 1.82) is 0 Å². The SMILES string of the molecule is COc1ccc(Nc2ncc3c(n2)-c2ccc(Cl)cc2C(=O)NC3)cc1OC. The van der Waals surface area contributed by atoms with Gasteiger partial charge in [0.2, 0.25) is 5.95 Å². The molecular weight excluding hydrogens is 380 g/mol. The van der Waals surface area contributed by atoms with Crippen molar-refractivity contribution in [3.05, 3.63) is 58.7 Å². The van der Waals surface area contributed by atoms with Gasteiger partial charge < -0.3 is 20.1 Å². The molecule has 1 amide bonds. The molecule has 0 aliphatic carbocycles. The van der Waals surface area contributed by atoms with Gasteiger partial charge in [-0.3, -0.25) is 4.79 Å². The molecule has 2 heterocycles. The van der Waals surface area contributed by atoms with E-state index in [4.69, 9.17) is 21.1 Å². The number of carbonyl (C=O) groups excluding carboxylic acids is 1. The van der Waals surface area contributed by atoms with Crippen LogP contribution in [0.1, 0.15) is 15.9 Å². The van der Waals surface area contributed by atoms with Crippen LogP contribution >= 0.6 is 11.6 Å². The second-order valence-corrected chi connectivity index (χ2v) is 6.57. The zero-order chi connectivity index (χ0) is 19.7. The maximum atomic E-state index is 12.4. The lowest BCUT2D eigenvalue weighted by molar-refractivity contribution is 0.0953. The van der Waals surface area contributed by atoms with Crippen LogP contribution in [0.3, 0.4) is 0 Å². The number of fused-ring (bicyclic) bond motifs is 3. The lowest BCUT2D eigenvalue weighted by Crippen LogP contribution is -2.21. The fourth-order valence-corrected chi connectivity index (χ4v) is 3.23. The summed E-state index contributed by atoms with van der Waals surface area (Å²) in [5, 5.41) is 6.51. The fraction of sp³-hybridized carbons (Fsp3) is 0.150. The molecule has 0 saturated heterocycles. The van der Waals surface area contributed by atoms with Gasteiger partial charge in [0.05, 0.1) is 25.5 Å². The van der Waals surface area contributed by atoms with Crippen LogP contribution in [-0.2, 0) is 6.54 Å². The average molecular weight is 397 g/mol. The van der Waals surface area contributed by atoms with Gasteiger partial charge in [-0.25, -0.2) is 9.97 Å². The molecule has 2 aromatic carbocycles. The number of amides is 1. The van der Waals surface area contributed by atoms with E-state index in [1.54, 1.807) is 50.7 Å². The molecule has 28 heavy (non-hydrogen) atoms. The van der Waals surface area contributed by atoms with Gasteiger partial charge >= 0.3 is 0 Å². The Hall–Kier alpha value is -3.32. The van der Waals surface area contributed by atoms with Gasteiger partial charge in [-0.05, 0) is 24.3 Å². The highest BCUT2D eigenvalue weighted by molar-refractivity contribution is 6.31. The van der Waals surface area contributed by atoms with E-state index in [0.717, 1.165) is 11.3 Å². The number of methoxy groups -OCH3 is 2. The summed E-state index contributed by atoms with van der Waals surface area (Å²) in [4.78, 5) is 21.4. The molecule has 0 atom stereocenters. The first-order valence-electron chi connectivity index (χ1n) is 8.52. The predicted molar refractivity (Wildman–Crippen MR) is 106 cm³/mol. The zero-order valence-corrected chi connectivity index (χ0v) is 16.0. The van der Waals surface area contributed by atoms with Gasteiger partial charge in [-0.2, -0.15) is 0 Å². The van der Waals surface area contributed by atoms with Gasteiger partial charge in [-0.15, -0.1) is 0 Å². The third-order valence-electron chi connectivity index (χ3n) is 4.42. The van der Waals surface area contributed by atoms with E-state index in [1.165, 1.54) is 0 Å². The quantitative estimate of drug-likeness (QED) is 0.697. The predicted octanol–water partition coefficient (Wildman–Crippen LogP) is 3.80. The smallest absolute Gasteiger partial charge is 0.252 e. The van der Waals surface area contributed by atoms with Crippen LogP contribution in [0.25, 0.3) is 11.3 Å². The second-order valence-electron chi connectivity index (χ2n) is 6.13. The zero-order valence-electron chi connectivity index (χ0n) is 15.2. The number of carbonyl (C=O) groups is 1. The third-order valence-corrected chi connectivity index (χ3v) is 4.66. The van der Waals surface area contributed by atoms with Crippen molar-refractivity contribution in [2.45, 2.75) is 6.54 Å². The standard InChI is InChI=1S/C20H17ClN4O3/c1-27-16-6-4-13(8-17(16)28-2)24-20-23-10-11-9-22-19(26)15-7-12(21)3-5-14(15)18(11)25-20/h3-8,10H,9H2,1-2H3,(H,22,26)(H,23,24,25). The van der Waals surface area contributed by atoms with E-state index in [1.807, 2.05) is 6.07 Å². The van der Waals surface area contributed by atoms with Crippen LogP contribution in [0, 0.1) is 0 Å². The van der Waals surface area contributed by atoms with E-state index in [9.17, 15) is 4.79 Å². The Bertz CT molecular complexity index is 1070. The Labute approximate surface area is 166 Å². The average Bonchev–Trinajstić information content (AvgIpc) is 2.84. The number of nitrogens with one attached hydrogen (secondary N) is 2. The van der Waals surface area contributed by atoms with Gasteiger partial charge in [0.25, 0.3) is 5.91 Å². The summed E-state index contributed by atoms with van der Waals surface area (Å²) in [6.07, 6.45) is 1.70. The molecule has 0 spiro atoms. The minimum absolute atomic E-state index is 0.190. The molecule has 8 heteroatoms. The van der Waals surface area contributed by atoms with Crippen molar-refractivity contribution in [2.24, 2.45) is 0 Å². The Kier molecular flexibility index (Phi) is 4.75. The first-order valence-corrected chi connectivity index (χ1v) is 8.90. The molecule has 0 radical (unpaired) electrons. The van der Waals surface area contributed by atoms with Crippen molar-refractivity contribution in [3.8, 4) is 22.8 Å². The summed E-state index contributed by atoms with van der Waals surface area (Å²) >= 11 is 6.07. The van der Waals surface area contributed by atoms with E-state index in [2.05, 4.69) is 20.6 Å². The molecule has 0 bridgehead atoms. The normalized spacial score (nSPS) is 12.3. The van der Waals surface area contributed by atoms with E-state index in [0.29, 0.717) is 45.8 Å². The van der Waals surface area contributed by atoms with Crippen LogP contribution < -0.4 is 20.1 Å². The molecular formula is C20H17ClN4O3. The van der Waals surface area contributed by atoms with Crippen molar-refractivity contribution in [3.63, 3.8) is 0 Å². The maximum absolute atomic E-state index is 12.4. The van der Waals surface area contributed by atoms with Crippen molar-refractivity contribution in [2.75, 3.05) is 19.5 Å². The largest absolute Gasteiger partial charge is 0.493 e. The number of anilines is 2. The molecule has 3 aromatic rings. The summed E-state index contributed by atoms with van der Waals surface area (Å²) in [6.45, 7) is 0.344. The molecule has 1 aliphatic rings. The Morgan fingerprint density at radius 1 is 1.07 bits per heavy atom. The van der Waals surface area contributed by atoms with Crippen LogP contribution in [-0.4, -0.2) is 30.1 Å². The summed E-state index contributed by atoms with van der Waals surface area (Å²) in [6, 6.07) is 10.6. The molecule has 1 aromatic heterocycles. The summed E-state index contributed by atoms with van der Waals surface area (Å²) < 4.78 is 10.6. The topological polar surface area (TPSA) is 85.4 Å². The summed E-state index contributed by atoms with van der Waals surface area (Å²) in [5.74, 6) is 1.44. The van der Waals surface area contributed by atoms with Crippen molar-refractivity contribution >= 4 is 29.1 Å². The minimum atomic E-state index is -0.190. The molecule has 2 N–H and O–H groups in total. The fourth-order valence-electron chi connectivity index (χ4n) is 3.05. The van der Waals surface area contributed by atoms with Gasteiger partial charge in [0, 0.05) is 40.6 Å². The number of aromatic nitrogens is 2. The van der Waals surface area contributed by atoms with Gasteiger partial charge in [0.15, 0.2) is 11.5 Å². The highest BCUT2D eigenvalue weighted by atomic mass is 35.5. The maximum Gasteiger partial charge on any atom is 0.252 e. The first kappa shape index (κ1) is 18.1. The molecule has 0 fully saturated rings. The molecule has 0 unspecified atom stereocenters. The van der Waals surface area contributed by atoms with Gasteiger partial charge in [-0.1, -0.05) is 17.7 Å². The van der Waals surface area contributed by atoms with E-state index in [-0.39, 0.29) is 5.91 Å². The lowest BCUT2D eigenvalue weighted by Gasteiger charge is -2.12. The number of rotatable bonds is 4. The molecule has 7 nitrogen and oxygen atoms in total.